The highest BCUT2D eigenvalue weighted by Crippen LogP contribution is 2.32. The van der Waals surface area contributed by atoms with E-state index in [4.69, 9.17) is 19.9 Å². The molecule has 11 aromatic rings. The lowest BCUT2D eigenvalue weighted by atomic mass is 10.1. The zero-order chi connectivity index (χ0) is 34.5. The van der Waals surface area contributed by atoms with Crippen LogP contribution in [-0.2, 0) is 0 Å². The molecule has 0 aliphatic heterocycles. The van der Waals surface area contributed by atoms with Gasteiger partial charge in [-0.25, -0.2) is 24.5 Å². The average molecular weight is 673 g/mol. The third-order valence-electron chi connectivity index (χ3n) is 9.81. The highest BCUT2D eigenvalue weighted by molar-refractivity contribution is 5.97. The van der Waals surface area contributed by atoms with Crippen LogP contribution in [0.4, 0.5) is 0 Å². The minimum Gasteiger partial charge on any atom is -0.278 e. The first-order chi connectivity index (χ1) is 25.6. The molecule has 0 saturated heterocycles. The maximum Gasteiger partial charge on any atom is 0.283 e. The molecule has 11 rings (SSSR count). The fourth-order valence-corrected chi connectivity index (χ4v) is 7.52. The smallest absolute Gasteiger partial charge is 0.278 e. The van der Waals surface area contributed by atoms with Gasteiger partial charge in [0.05, 0.1) is 49.6 Å². The number of hydrogen-bond acceptors (Lipinski definition) is 6. The summed E-state index contributed by atoms with van der Waals surface area (Å²) >= 11 is 0. The number of aromatic nitrogens is 8. The quantitative estimate of drug-likeness (QED) is 0.193. The van der Waals surface area contributed by atoms with Gasteiger partial charge in [-0.2, -0.15) is 4.52 Å². The van der Waals surface area contributed by atoms with E-state index in [9.17, 15) is 9.59 Å². The van der Waals surface area contributed by atoms with Crippen LogP contribution in [-0.4, -0.2) is 37.9 Å². The maximum atomic E-state index is 14.4. The van der Waals surface area contributed by atoms with Crippen LogP contribution in [0.3, 0.4) is 0 Å². The zero-order valence-corrected chi connectivity index (χ0v) is 27.3. The molecule has 0 aliphatic carbocycles. The molecule has 0 N–H and O–H groups in total. The molecule has 0 bridgehead atoms. The summed E-state index contributed by atoms with van der Waals surface area (Å²) in [5.74, 6) is 2.06. The zero-order valence-electron chi connectivity index (χ0n) is 27.3. The van der Waals surface area contributed by atoms with E-state index in [0.29, 0.717) is 44.8 Å². The number of fused-ring (bicyclic) bond motifs is 10. The van der Waals surface area contributed by atoms with E-state index in [-0.39, 0.29) is 0 Å². The molecule has 0 amide bonds. The molecule has 244 valence electrons. The van der Waals surface area contributed by atoms with Gasteiger partial charge >= 0.3 is 0 Å². The summed E-state index contributed by atoms with van der Waals surface area (Å²) in [5, 5.41) is 0.788. The van der Waals surface area contributed by atoms with E-state index >= 15 is 0 Å². The highest BCUT2D eigenvalue weighted by Gasteiger charge is 2.24. The number of benzene rings is 6. The third-order valence-corrected chi connectivity index (χ3v) is 9.81. The molecule has 10 nitrogen and oxygen atoms in total. The largest absolute Gasteiger partial charge is 0.283 e. The van der Waals surface area contributed by atoms with Crippen molar-refractivity contribution in [1.29, 1.82) is 0 Å². The molecule has 52 heavy (non-hydrogen) atoms. The molecular weight excluding hydrogens is 649 g/mol. The fraction of sp³-hybridized carbons (Fsp3) is 0. The minimum atomic E-state index is -0.440. The van der Waals surface area contributed by atoms with Crippen LogP contribution in [0.15, 0.2) is 155 Å². The van der Waals surface area contributed by atoms with Crippen LogP contribution in [0.25, 0.3) is 89.5 Å². The molecular formula is C42H24N8O2. The maximum absolute atomic E-state index is 14.4. The van der Waals surface area contributed by atoms with Crippen LogP contribution < -0.4 is 11.1 Å². The summed E-state index contributed by atoms with van der Waals surface area (Å²) < 4.78 is 7.18. The van der Waals surface area contributed by atoms with Gasteiger partial charge in [0.15, 0.2) is 17.5 Å². The number of nitrogens with zero attached hydrogens (tertiary/aromatic N) is 8. The Morgan fingerprint density at radius 1 is 0.442 bits per heavy atom. The second-order valence-electron chi connectivity index (χ2n) is 12.7. The van der Waals surface area contributed by atoms with E-state index < -0.39 is 11.1 Å². The van der Waals surface area contributed by atoms with Crippen LogP contribution in [0.2, 0.25) is 0 Å². The van der Waals surface area contributed by atoms with Gasteiger partial charge in [-0.15, -0.1) is 0 Å². The van der Waals surface area contributed by atoms with Crippen LogP contribution in [0.5, 0.6) is 0 Å². The van der Waals surface area contributed by atoms with Gasteiger partial charge in [-0.05, 0) is 48.5 Å². The molecule has 10 heteroatoms. The van der Waals surface area contributed by atoms with E-state index in [1.54, 1.807) is 10.6 Å². The van der Waals surface area contributed by atoms with Crippen molar-refractivity contribution in [2.24, 2.45) is 0 Å². The molecule has 6 aromatic carbocycles. The molecule has 0 spiro atoms. The van der Waals surface area contributed by atoms with Crippen molar-refractivity contribution in [3.63, 3.8) is 0 Å². The first-order valence-corrected chi connectivity index (χ1v) is 16.8. The van der Waals surface area contributed by atoms with Gasteiger partial charge in [0, 0.05) is 16.7 Å². The fourth-order valence-electron chi connectivity index (χ4n) is 7.52. The molecule has 0 fully saturated rings. The van der Waals surface area contributed by atoms with E-state index in [1.165, 1.54) is 4.52 Å². The Morgan fingerprint density at radius 3 is 1.79 bits per heavy atom. The Kier molecular flexibility index (Phi) is 5.74. The Hall–Kier alpha value is -7.46. The molecule has 0 saturated carbocycles. The first kappa shape index (κ1) is 28.4. The van der Waals surface area contributed by atoms with Crippen molar-refractivity contribution >= 4 is 49.7 Å². The summed E-state index contributed by atoms with van der Waals surface area (Å²) in [6.07, 6.45) is 0. The van der Waals surface area contributed by atoms with E-state index in [2.05, 4.69) is 27.2 Å². The summed E-state index contributed by atoms with van der Waals surface area (Å²) in [5.41, 5.74) is 7.17. The van der Waals surface area contributed by atoms with Crippen molar-refractivity contribution < 1.29 is 0 Å². The van der Waals surface area contributed by atoms with E-state index in [1.807, 2.05) is 121 Å². The van der Waals surface area contributed by atoms with Crippen LogP contribution in [0.1, 0.15) is 0 Å². The second kappa shape index (κ2) is 10.5. The Morgan fingerprint density at radius 2 is 1.06 bits per heavy atom. The SMILES string of the molecule is O=c1c2ccc(-n3c4ccccc4n4c5ccccc5nc34)cc2n2c3cccc(-c4nc(-c5ccccc5)nc(-c5ccccc5)n4)c3c(=O)n12. The van der Waals surface area contributed by atoms with Gasteiger partial charge in [-0.3, -0.25) is 18.6 Å². The normalized spacial score (nSPS) is 12.0. The number of para-hydroxylation sites is 4. The predicted octanol–water partition coefficient (Wildman–Crippen LogP) is 7.43. The lowest BCUT2D eigenvalue weighted by Crippen LogP contribution is -2.21. The molecule has 0 aliphatic rings. The third kappa shape index (κ3) is 3.88. The Labute approximate surface area is 293 Å². The number of hydrogen-bond donors (Lipinski definition) is 0. The standard InChI is InChI=1S/C42H24N8O2/c51-40-28-23-22-27(47-32-19-9-10-20-33(32)48-31-18-8-7-17-30(31)43-42(47)48)24-35(28)49-34-21-11-16-29(36(34)41(52)50(40)49)39-45-37(25-12-3-1-4-13-25)44-38(46-39)26-14-5-2-6-15-26/h1-24H. The topological polar surface area (TPSA) is 104 Å². The van der Waals surface area contributed by atoms with Crippen LogP contribution in [0, 0.1) is 0 Å². The first-order valence-electron chi connectivity index (χ1n) is 16.8. The molecule has 0 atom stereocenters. The van der Waals surface area contributed by atoms with Gasteiger partial charge in [0.1, 0.15) is 0 Å². The van der Waals surface area contributed by atoms with E-state index in [0.717, 1.165) is 44.7 Å². The highest BCUT2D eigenvalue weighted by atomic mass is 16.2. The van der Waals surface area contributed by atoms with Crippen molar-refractivity contribution in [2.45, 2.75) is 0 Å². The second-order valence-corrected chi connectivity index (χ2v) is 12.7. The lowest BCUT2D eigenvalue weighted by Gasteiger charge is -2.09. The lowest BCUT2D eigenvalue weighted by molar-refractivity contribution is 0.841. The summed E-state index contributed by atoms with van der Waals surface area (Å²) in [7, 11) is 0. The molecule has 5 aromatic heterocycles. The predicted molar refractivity (Wildman–Crippen MR) is 202 cm³/mol. The Balaban J connectivity index is 1.18. The Bertz CT molecular complexity index is 3290. The summed E-state index contributed by atoms with van der Waals surface area (Å²) in [6.45, 7) is 0. The minimum absolute atomic E-state index is 0.342. The summed E-state index contributed by atoms with van der Waals surface area (Å²) in [4.78, 5) is 48.0. The van der Waals surface area contributed by atoms with Gasteiger partial charge in [-0.1, -0.05) is 97.1 Å². The van der Waals surface area contributed by atoms with Gasteiger partial charge in [0.2, 0.25) is 5.78 Å². The molecule has 0 radical (unpaired) electrons. The number of imidazole rings is 2. The van der Waals surface area contributed by atoms with Crippen molar-refractivity contribution in [3.8, 4) is 39.9 Å². The summed E-state index contributed by atoms with van der Waals surface area (Å²) in [6, 6.07) is 46.8. The van der Waals surface area contributed by atoms with Gasteiger partial charge < -0.3 is 0 Å². The monoisotopic (exact) mass is 672 g/mol. The van der Waals surface area contributed by atoms with Crippen LogP contribution >= 0.6 is 0 Å². The van der Waals surface area contributed by atoms with Crippen molar-refractivity contribution in [1.82, 2.24) is 37.9 Å². The van der Waals surface area contributed by atoms with Crippen molar-refractivity contribution in [2.75, 3.05) is 0 Å². The van der Waals surface area contributed by atoms with Crippen molar-refractivity contribution in [3.05, 3.63) is 166 Å². The average Bonchev–Trinajstić information content (AvgIpc) is 3.91. The van der Waals surface area contributed by atoms with Gasteiger partial charge in [0.25, 0.3) is 11.1 Å². The molecule has 5 heterocycles. The molecule has 0 unspecified atom stereocenters. The number of rotatable bonds is 4.